The zero-order valence-electron chi connectivity index (χ0n) is 19.4. The second kappa shape index (κ2) is 9.46. The first kappa shape index (κ1) is 26.6. The second-order valence-corrected chi connectivity index (χ2v) is 8.92. The van der Waals surface area contributed by atoms with Gasteiger partial charge >= 0.3 is 12.4 Å². The van der Waals surface area contributed by atoms with Gasteiger partial charge in [-0.15, -0.1) is 5.10 Å². The number of nitrogens with zero attached hydrogens (tertiary/aromatic N) is 6. The largest absolute Gasteiger partial charge is 0.480 e. The molecule has 16 heteroatoms. The number of aromatic nitrogens is 5. The van der Waals surface area contributed by atoms with Crippen molar-refractivity contribution >= 4 is 17.4 Å². The number of hydrogen-bond donors (Lipinski definition) is 2. The lowest BCUT2D eigenvalue weighted by molar-refractivity contribution is -0.153. The highest BCUT2D eigenvalue weighted by atomic mass is 19.4. The SMILES string of the molecule is Cc1ncnc(N2C[C@H]3CC[C@@H](C2)C3Nc2nc3c(OCC(F)(F)F)ccc(C(F)(F)F)n3n2)c1F.N. The van der Waals surface area contributed by atoms with E-state index < -0.39 is 41.9 Å². The first-order chi connectivity index (χ1) is 16.9. The number of piperidine rings is 1. The van der Waals surface area contributed by atoms with Gasteiger partial charge in [-0.25, -0.2) is 18.9 Å². The van der Waals surface area contributed by atoms with Gasteiger partial charge in [-0.05, 0) is 43.7 Å². The Hall–Kier alpha value is -3.43. The van der Waals surface area contributed by atoms with Crippen LogP contribution in [0, 0.1) is 24.6 Å². The van der Waals surface area contributed by atoms with Crippen LogP contribution < -0.4 is 21.1 Å². The molecule has 1 aliphatic carbocycles. The van der Waals surface area contributed by atoms with Gasteiger partial charge in [0.05, 0.1) is 5.69 Å². The van der Waals surface area contributed by atoms with Crippen LogP contribution in [0.3, 0.4) is 0 Å². The van der Waals surface area contributed by atoms with E-state index in [-0.39, 0.29) is 41.5 Å². The van der Waals surface area contributed by atoms with E-state index in [9.17, 15) is 30.7 Å². The van der Waals surface area contributed by atoms with Crippen molar-refractivity contribution in [1.82, 2.24) is 30.7 Å². The van der Waals surface area contributed by atoms with Gasteiger partial charge in [-0.1, -0.05) is 0 Å². The highest BCUT2D eigenvalue weighted by molar-refractivity contribution is 5.57. The van der Waals surface area contributed by atoms with Gasteiger partial charge in [0.15, 0.2) is 29.6 Å². The van der Waals surface area contributed by atoms with Gasteiger partial charge in [0.2, 0.25) is 5.95 Å². The maximum absolute atomic E-state index is 14.6. The minimum absolute atomic E-state index is 0. The summed E-state index contributed by atoms with van der Waals surface area (Å²) >= 11 is 0. The van der Waals surface area contributed by atoms with Crippen LogP contribution in [0.2, 0.25) is 0 Å². The van der Waals surface area contributed by atoms with E-state index in [1.807, 2.05) is 4.90 Å². The summed E-state index contributed by atoms with van der Waals surface area (Å²) in [6.45, 7) is 0.747. The number of hydrogen-bond acceptors (Lipinski definition) is 8. The lowest BCUT2D eigenvalue weighted by Crippen LogP contribution is -2.48. The van der Waals surface area contributed by atoms with Crippen molar-refractivity contribution in [2.75, 3.05) is 29.9 Å². The van der Waals surface area contributed by atoms with E-state index in [0.29, 0.717) is 23.7 Å². The van der Waals surface area contributed by atoms with Crippen LogP contribution in [0.15, 0.2) is 18.5 Å². The van der Waals surface area contributed by atoms with E-state index in [0.717, 1.165) is 18.9 Å². The molecule has 2 aliphatic rings. The molecular weight excluding hydrogens is 513 g/mol. The fourth-order valence-electron chi connectivity index (χ4n) is 4.93. The molecule has 4 heterocycles. The van der Waals surface area contributed by atoms with Crippen molar-refractivity contribution in [1.29, 1.82) is 0 Å². The smallest absolute Gasteiger partial charge is 0.433 e. The predicted molar refractivity (Wildman–Crippen MR) is 117 cm³/mol. The van der Waals surface area contributed by atoms with Crippen molar-refractivity contribution in [2.24, 2.45) is 11.8 Å². The van der Waals surface area contributed by atoms with E-state index in [2.05, 4.69) is 25.4 Å². The summed E-state index contributed by atoms with van der Waals surface area (Å²) in [5.74, 6) is -0.959. The molecule has 202 valence electrons. The molecule has 1 saturated heterocycles. The summed E-state index contributed by atoms with van der Waals surface area (Å²) in [5.41, 5.74) is -1.46. The number of rotatable bonds is 5. The molecule has 3 atom stereocenters. The summed E-state index contributed by atoms with van der Waals surface area (Å²) in [6, 6.07) is 1.17. The van der Waals surface area contributed by atoms with Crippen LogP contribution in [0.5, 0.6) is 5.75 Å². The average Bonchev–Trinajstić information content (AvgIpc) is 3.29. The van der Waals surface area contributed by atoms with Crippen molar-refractivity contribution in [2.45, 2.75) is 38.2 Å². The van der Waals surface area contributed by atoms with E-state index in [1.54, 1.807) is 6.92 Å². The molecule has 37 heavy (non-hydrogen) atoms. The molecule has 0 aromatic carbocycles. The summed E-state index contributed by atoms with van der Waals surface area (Å²) in [7, 11) is 0. The van der Waals surface area contributed by atoms with Crippen molar-refractivity contribution in [3.05, 3.63) is 35.7 Å². The Kier molecular flexibility index (Phi) is 6.81. The Morgan fingerprint density at radius 1 is 1.05 bits per heavy atom. The number of aryl methyl sites for hydroxylation is 1. The molecule has 0 radical (unpaired) electrons. The number of halogens is 7. The molecule has 3 aromatic heterocycles. The third-order valence-corrected chi connectivity index (χ3v) is 6.50. The van der Waals surface area contributed by atoms with Crippen LogP contribution in [0.1, 0.15) is 24.2 Å². The summed E-state index contributed by atoms with van der Waals surface area (Å²) in [5, 5.41) is 6.96. The van der Waals surface area contributed by atoms with E-state index in [1.165, 1.54) is 6.33 Å². The van der Waals surface area contributed by atoms with Gasteiger partial charge in [-0.2, -0.15) is 31.3 Å². The van der Waals surface area contributed by atoms with Gasteiger partial charge < -0.3 is 21.1 Å². The van der Waals surface area contributed by atoms with Crippen LogP contribution in [-0.4, -0.2) is 56.5 Å². The highest BCUT2D eigenvalue weighted by Crippen LogP contribution is 2.40. The molecule has 1 saturated carbocycles. The topological polar surface area (TPSA) is 115 Å². The standard InChI is InChI=1S/C21H20F7N7O.H3N/c1-10-15(22)18(30-9-29-10)34-6-11-2-3-12(7-34)16(11)31-19-32-17-13(36-8-20(23,24)25)4-5-14(21(26,27)28)35(17)33-19;/h4-5,9,11-12,16H,2-3,6-8H2,1H3,(H,31,33);1H3/t11-,12+,16?;. The minimum atomic E-state index is -4.82. The third kappa shape index (κ3) is 5.19. The molecule has 3 aromatic rings. The quantitative estimate of drug-likeness (QED) is 0.461. The van der Waals surface area contributed by atoms with Crippen LogP contribution >= 0.6 is 0 Å². The molecule has 0 spiro atoms. The van der Waals surface area contributed by atoms with Crippen molar-refractivity contribution in [3.63, 3.8) is 0 Å². The first-order valence-corrected chi connectivity index (χ1v) is 11.1. The number of fused-ring (bicyclic) bond motifs is 3. The molecule has 4 N–H and O–H groups in total. The molecular formula is C21H23F7N8O. The molecule has 1 unspecified atom stereocenters. The summed E-state index contributed by atoms with van der Waals surface area (Å²) in [6.07, 6.45) is -6.65. The number of anilines is 2. The minimum Gasteiger partial charge on any atom is -0.480 e. The fourth-order valence-corrected chi connectivity index (χ4v) is 4.93. The molecule has 1 aliphatic heterocycles. The van der Waals surface area contributed by atoms with Crippen LogP contribution in [-0.2, 0) is 6.18 Å². The normalized spacial score (nSPS) is 21.7. The zero-order chi connectivity index (χ0) is 25.8. The average molecular weight is 536 g/mol. The van der Waals surface area contributed by atoms with Crippen LogP contribution in [0.4, 0.5) is 42.5 Å². The van der Waals surface area contributed by atoms with Gasteiger partial charge in [0.1, 0.15) is 12.0 Å². The fraction of sp³-hybridized carbons (Fsp3) is 0.524. The monoisotopic (exact) mass is 536 g/mol. The molecule has 9 nitrogen and oxygen atoms in total. The van der Waals surface area contributed by atoms with Gasteiger partial charge in [-0.3, -0.25) is 0 Å². The Morgan fingerprint density at radius 3 is 2.35 bits per heavy atom. The summed E-state index contributed by atoms with van der Waals surface area (Å²) < 4.78 is 98.1. The Labute approximate surface area is 205 Å². The maximum atomic E-state index is 14.6. The number of ether oxygens (including phenoxy) is 1. The molecule has 2 fully saturated rings. The lowest BCUT2D eigenvalue weighted by atomic mass is 9.92. The van der Waals surface area contributed by atoms with Crippen molar-refractivity contribution < 1.29 is 35.5 Å². The zero-order valence-corrected chi connectivity index (χ0v) is 19.4. The highest BCUT2D eigenvalue weighted by Gasteiger charge is 2.44. The predicted octanol–water partition coefficient (Wildman–Crippen LogP) is 4.42. The second-order valence-electron chi connectivity index (χ2n) is 8.92. The number of pyridine rings is 1. The molecule has 2 bridgehead atoms. The molecule has 5 rings (SSSR count). The van der Waals surface area contributed by atoms with Gasteiger partial charge in [0, 0.05) is 19.1 Å². The lowest BCUT2D eigenvalue weighted by Gasteiger charge is -2.38. The van der Waals surface area contributed by atoms with Crippen LogP contribution in [0.25, 0.3) is 5.65 Å². The van der Waals surface area contributed by atoms with E-state index >= 15 is 0 Å². The maximum Gasteiger partial charge on any atom is 0.433 e. The van der Waals surface area contributed by atoms with E-state index in [4.69, 9.17) is 4.74 Å². The van der Waals surface area contributed by atoms with Crippen molar-refractivity contribution in [3.8, 4) is 5.75 Å². The molecule has 0 amide bonds. The van der Waals surface area contributed by atoms with Gasteiger partial charge in [0.25, 0.3) is 0 Å². The summed E-state index contributed by atoms with van der Waals surface area (Å²) in [4.78, 5) is 13.8. The number of alkyl halides is 6. The first-order valence-electron chi connectivity index (χ1n) is 11.1. The Bertz CT molecular complexity index is 1260. The Balaban J connectivity index is 0.00000320. The Morgan fingerprint density at radius 2 is 1.73 bits per heavy atom. The third-order valence-electron chi connectivity index (χ3n) is 6.50. The number of nitrogens with one attached hydrogen (secondary N) is 1.